The number of carbonyl (C=O) groups excluding carboxylic acids is 1. The quantitative estimate of drug-likeness (QED) is 0.112. The van der Waals surface area contributed by atoms with E-state index >= 15 is 0 Å². The lowest BCUT2D eigenvalue weighted by atomic mass is 10.0. The van der Waals surface area contributed by atoms with Crippen molar-refractivity contribution in [2.24, 2.45) is 0 Å². The second-order valence-electron chi connectivity index (χ2n) is 7.43. The van der Waals surface area contributed by atoms with Gasteiger partial charge in [0.1, 0.15) is 11.4 Å². The average Bonchev–Trinajstić information content (AvgIpc) is 3.10. The molecule has 34 heavy (non-hydrogen) atoms. The van der Waals surface area contributed by atoms with Crippen molar-refractivity contribution >= 4 is 28.1 Å². The maximum Gasteiger partial charge on any atom is 0.230 e. The molecule has 1 amide bonds. The highest BCUT2D eigenvalue weighted by atomic mass is 32.1. The van der Waals surface area contributed by atoms with Gasteiger partial charge < -0.3 is 46.8 Å². The van der Waals surface area contributed by atoms with E-state index in [1.54, 1.807) is 0 Å². The predicted octanol–water partition coefficient (Wildman–Crippen LogP) is 0.448. The lowest BCUT2D eigenvalue weighted by molar-refractivity contribution is -0.183. The van der Waals surface area contributed by atoms with Gasteiger partial charge in [-0.2, -0.15) is 0 Å². The Bertz CT molecular complexity index is 1150. The summed E-state index contributed by atoms with van der Waals surface area (Å²) in [5.41, 5.74) is 5.04. The van der Waals surface area contributed by atoms with Crippen molar-refractivity contribution in [1.82, 2.24) is 10.3 Å². The van der Waals surface area contributed by atoms with Crippen molar-refractivity contribution in [2.45, 2.75) is 25.2 Å². The number of phenolic OH excluding ortho intramolecular Hbond substituents is 4. The molecule has 0 aliphatic heterocycles. The molecule has 0 atom stereocenters. The van der Waals surface area contributed by atoms with E-state index in [4.69, 9.17) is 5.73 Å². The number of amides is 1. The number of nitrogens with two attached hydrogens (primary N) is 1. The van der Waals surface area contributed by atoms with Gasteiger partial charge in [-0.15, -0.1) is 0 Å². The van der Waals surface area contributed by atoms with E-state index in [9.17, 15) is 40.5 Å². The van der Waals surface area contributed by atoms with Crippen LogP contribution in [0.5, 0.6) is 28.1 Å². The highest BCUT2D eigenvalue weighted by Crippen LogP contribution is 2.50. The van der Waals surface area contributed by atoms with Gasteiger partial charge in [0.05, 0.1) is 12.0 Å². The van der Waals surface area contributed by atoms with E-state index in [1.165, 1.54) is 0 Å². The number of hydrogen-bond donors (Lipinski definition) is 10. The zero-order valence-corrected chi connectivity index (χ0v) is 18.5. The number of aliphatic hydroxyl groups is 2. The van der Waals surface area contributed by atoms with Crippen molar-refractivity contribution in [3.8, 4) is 28.1 Å². The fourth-order valence-corrected chi connectivity index (χ4v) is 3.80. The Balaban J connectivity index is 1.73. The Morgan fingerprint density at radius 2 is 1.62 bits per heavy atom. The van der Waals surface area contributed by atoms with Gasteiger partial charge >= 0.3 is 0 Å². The normalized spacial score (nSPS) is 11.5. The van der Waals surface area contributed by atoms with Crippen molar-refractivity contribution in [2.75, 3.05) is 17.6 Å². The summed E-state index contributed by atoms with van der Waals surface area (Å²) in [5, 5.41) is 75.6. The highest BCUT2D eigenvalue weighted by Gasteiger charge is 2.31. The Kier molecular flexibility index (Phi) is 7.32. The number of rotatable bonds is 9. The molecule has 182 valence electrons. The molecule has 0 aliphatic carbocycles. The molecule has 12 nitrogen and oxygen atoms in total. The number of benzene rings is 2. The second kappa shape index (κ2) is 10.0. The van der Waals surface area contributed by atoms with E-state index < -0.39 is 58.9 Å². The van der Waals surface area contributed by atoms with Crippen LogP contribution in [0.2, 0.25) is 0 Å². The molecule has 0 bridgehead atoms. The first kappa shape index (κ1) is 24.9. The minimum Gasteiger partial charge on any atom is -0.504 e. The number of nitrogens with one attached hydrogen (secondary N) is 2. The van der Waals surface area contributed by atoms with Gasteiger partial charge in [0.2, 0.25) is 11.8 Å². The second-order valence-corrected chi connectivity index (χ2v) is 8.44. The number of aromatic nitrogens is 1. The number of phenols is 4. The molecule has 1 aromatic heterocycles. The minimum absolute atomic E-state index is 0.0273. The van der Waals surface area contributed by atoms with Crippen molar-refractivity contribution in [3.63, 3.8) is 0 Å². The Morgan fingerprint density at radius 1 is 1.00 bits per heavy atom. The molecule has 0 spiro atoms. The van der Waals surface area contributed by atoms with Gasteiger partial charge in [0, 0.05) is 13.0 Å². The number of aromatic hydroxyl groups is 5. The third-order valence-corrected chi connectivity index (χ3v) is 5.60. The van der Waals surface area contributed by atoms with E-state index in [2.05, 4.69) is 15.6 Å². The molecule has 0 fully saturated rings. The SMILES string of the molecule is Nc1nc(CC(=O)Nc2c(O)c(O)c(CC(O)(O)NCCc3ccccc3)c(O)c2O)c(O)s1. The largest absolute Gasteiger partial charge is 0.504 e. The fraction of sp³-hybridized carbons (Fsp3) is 0.238. The number of nitrogen functional groups attached to an aromatic ring is 1. The van der Waals surface area contributed by atoms with Crippen LogP contribution < -0.4 is 16.4 Å². The number of anilines is 2. The standard InChI is InChI=1S/C21H24N4O8S/c22-20-24-12(19(31)34-20)8-13(26)25-14-17(29)15(27)11(16(28)18(14)30)9-21(32,33)23-7-6-10-4-2-1-3-5-10/h1-5,23,27-33H,6-9H2,(H2,22,24)(H,25,26). The molecule has 0 radical (unpaired) electrons. The van der Waals surface area contributed by atoms with Crippen LogP contribution in [0.15, 0.2) is 30.3 Å². The summed E-state index contributed by atoms with van der Waals surface area (Å²) in [4.78, 5) is 16.0. The monoisotopic (exact) mass is 492 g/mol. The third-order valence-electron chi connectivity index (χ3n) is 4.87. The fourth-order valence-electron chi connectivity index (χ4n) is 3.21. The zero-order valence-electron chi connectivity index (χ0n) is 17.7. The van der Waals surface area contributed by atoms with Crippen LogP contribution in [0, 0.1) is 0 Å². The van der Waals surface area contributed by atoms with Gasteiger partial charge in [0.25, 0.3) is 0 Å². The molecule has 3 aromatic rings. The summed E-state index contributed by atoms with van der Waals surface area (Å²) in [6, 6.07) is 9.21. The van der Waals surface area contributed by atoms with Crippen LogP contribution in [0.1, 0.15) is 16.8 Å². The van der Waals surface area contributed by atoms with Gasteiger partial charge in [-0.3, -0.25) is 10.1 Å². The average molecular weight is 493 g/mol. The van der Waals surface area contributed by atoms with Crippen molar-refractivity contribution < 1.29 is 40.5 Å². The lowest BCUT2D eigenvalue weighted by Crippen LogP contribution is -2.47. The number of nitrogens with zero attached hydrogens (tertiary/aromatic N) is 1. The van der Waals surface area contributed by atoms with E-state index in [-0.39, 0.29) is 22.4 Å². The molecule has 11 N–H and O–H groups in total. The first-order chi connectivity index (χ1) is 16.0. The van der Waals surface area contributed by atoms with E-state index in [1.807, 2.05) is 30.3 Å². The highest BCUT2D eigenvalue weighted by molar-refractivity contribution is 7.17. The number of thiazole rings is 1. The smallest absolute Gasteiger partial charge is 0.230 e. The molecule has 1 heterocycles. The van der Waals surface area contributed by atoms with Gasteiger partial charge in [-0.1, -0.05) is 41.7 Å². The zero-order chi connectivity index (χ0) is 25.0. The molecule has 0 saturated heterocycles. The first-order valence-electron chi connectivity index (χ1n) is 9.95. The number of hydrogen-bond acceptors (Lipinski definition) is 12. The maximum absolute atomic E-state index is 12.2. The van der Waals surface area contributed by atoms with E-state index in [0.29, 0.717) is 6.42 Å². The summed E-state index contributed by atoms with van der Waals surface area (Å²) in [7, 11) is 0. The van der Waals surface area contributed by atoms with Crippen LogP contribution in [-0.4, -0.2) is 59.1 Å². The van der Waals surface area contributed by atoms with Gasteiger partial charge in [-0.05, 0) is 12.0 Å². The van der Waals surface area contributed by atoms with Gasteiger partial charge in [-0.25, -0.2) is 4.98 Å². The Hall–Kier alpha value is -3.78. The predicted molar refractivity (Wildman–Crippen MR) is 123 cm³/mol. The minimum atomic E-state index is -2.62. The van der Waals surface area contributed by atoms with Crippen molar-refractivity contribution in [3.05, 3.63) is 47.2 Å². The summed E-state index contributed by atoms with van der Waals surface area (Å²) in [5.74, 6) is -7.47. The lowest BCUT2D eigenvalue weighted by Gasteiger charge is -2.25. The number of carbonyl (C=O) groups is 1. The first-order valence-corrected chi connectivity index (χ1v) is 10.8. The summed E-state index contributed by atoms with van der Waals surface area (Å²) >= 11 is 0.750. The molecular formula is C21H24N4O8S. The molecule has 0 saturated carbocycles. The Labute approximate surface area is 197 Å². The van der Waals surface area contributed by atoms with Gasteiger partial charge in [0.15, 0.2) is 33.2 Å². The van der Waals surface area contributed by atoms with Crippen LogP contribution in [0.25, 0.3) is 0 Å². The topological polar surface area (TPSA) is 222 Å². The van der Waals surface area contributed by atoms with Crippen LogP contribution in [0.4, 0.5) is 10.8 Å². The molecular weight excluding hydrogens is 468 g/mol. The van der Waals surface area contributed by atoms with E-state index in [0.717, 1.165) is 16.9 Å². The maximum atomic E-state index is 12.2. The molecule has 0 aliphatic rings. The summed E-state index contributed by atoms with van der Waals surface area (Å²) < 4.78 is 0. The molecule has 3 rings (SSSR count). The molecule has 0 unspecified atom stereocenters. The summed E-state index contributed by atoms with van der Waals surface area (Å²) in [6.07, 6.45) is -0.854. The van der Waals surface area contributed by atoms with Crippen LogP contribution >= 0.6 is 11.3 Å². The third kappa shape index (κ3) is 5.77. The van der Waals surface area contributed by atoms with Crippen LogP contribution in [0.3, 0.4) is 0 Å². The summed E-state index contributed by atoms with van der Waals surface area (Å²) in [6.45, 7) is 0.124. The molecule has 13 heteroatoms. The molecule has 2 aromatic carbocycles. The Morgan fingerprint density at radius 3 is 2.18 bits per heavy atom. The van der Waals surface area contributed by atoms with Crippen molar-refractivity contribution in [1.29, 1.82) is 0 Å². The van der Waals surface area contributed by atoms with Crippen LogP contribution in [-0.2, 0) is 24.1 Å².